The summed E-state index contributed by atoms with van der Waals surface area (Å²) < 4.78 is 14.7. The number of amides is 2. The number of imide groups is 1. The van der Waals surface area contributed by atoms with Crippen molar-refractivity contribution in [2.45, 2.75) is 13.0 Å². The maximum Gasteiger partial charge on any atom is 0.322 e. The highest BCUT2D eigenvalue weighted by atomic mass is 79.9. The zero-order valence-corrected chi connectivity index (χ0v) is 15.8. The van der Waals surface area contributed by atoms with Crippen molar-refractivity contribution in [3.8, 4) is 0 Å². The van der Waals surface area contributed by atoms with Crippen molar-refractivity contribution in [1.29, 1.82) is 0 Å². The molecule has 2 N–H and O–H groups in total. The summed E-state index contributed by atoms with van der Waals surface area (Å²) in [5.41, 5.74) is 1.75. The van der Waals surface area contributed by atoms with E-state index in [0.717, 1.165) is 17.4 Å². The molecule has 0 bridgehead atoms. The number of carboxylic acid groups (broad SMARTS) is 1. The van der Waals surface area contributed by atoms with Crippen LogP contribution >= 0.6 is 38.9 Å². The Balaban J connectivity index is 2.45. The van der Waals surface area contributed by atoms with Crippen molar-refractivity contribution in [2.75, 3.05) is 0 Å². The highest BCUT2D eigenvalue weighted by molar-refractivity contribution is 9.11. The number of hydrogen-bond donors (Lipinski definition) is 2. The highest BCUT2D eigenvalue weighted by Crippen LogP contribution is 2.25. The molecule has 1 atom stereocenters. The average molecular weight is 450 g/mol. The second kappa shape index (κ2) is 8.05. The fraction of sp³-hybridized carbons (Fsp3) is 0.133. The molecule has 132 valence electrons. The third-order valence-corrected chi connectivity index (χ3v) is 4.99. The van der Waals surface area contributed by atoms with E-state index in [4.69, 9.17) is 16.7 Å². The van der Waals surface area contributed by atoms with Gasteiger partial charge in [0.15, 0.2) is 0 Å². The summed E-state index contributed by atoms with van der Waals surface area (Å²) in [7, 11) is 0. The lowest BCUT2D eigenvalue weighted by Gasteiger charge is -2.24. The predicted octanol–water partition coefficient (Wildman–Crippen LogP) is 3.56. The predicted molar refractivity (Wildman–Crippen MR) is 94.2 cm³/mol. The molecule has 2 aromatic rings. The summed E-state index contributed by atoms with van der Waals surface area (Å²) >= 11 is 10.1. The molecule has 1 aromatic carbocycles. The maximum absolute atomic E-state index is 14.0. The standard InChI is InChI=1S/C15H11BrClFN2O4S/c1-7(15(23)24)19-20(13(21)10-5-6-11(16)25-10)14(22)12-8(17)3-2-4-9(12)18/h2-7,19H,1H3,(H,23,24)/t7-/m0/s1. The number of carbonyl (C=O) groups is 3. The van der Waals surface area contributed by atoms with Gasteiger partial charge in [0, 0.05) is 0 Å². The number of benzene rings is 1. The minimum atomic E-state index is -1.29. The number of nitrogens with one attached hydrogen (secondary N) is 1. The molecule has 6 nitrogen and oxygen atoms in total. The molecule has 1 aromatic heterocycles. The minimum absolute atomic E-state index is 0.151. The van der Waals surface area contributed by atoms with Crippen LogP contribution in [0.25, 0.3) is 0 Å². The van der Waals surface area contributed by atoms with Crippen LogP contribution < -0.4 is 5.43 Å². The summed E-state index contributed by atoms with van der Waals surface area (Å²) in [6, 6.07) is 5.39. The van der Waals surface area contributed by atoms with Crippen LogP contribution in [0.1, 0.15) is 27.0 Å². The molecular formula is C15H11BrClFN2O4S. The van der Waals surface area contributed by atoms with Gasteiger partial charge in [-0.15, -0.1) is 11.3 Å². The van der Waals surface area contributed by atoms with Crippen molar-refractivity contribution < 1.29 is 23.9 Å². The van der Waals surface area contributed by atoms with Gasteiger partial charge in [-0.25, -0.2) is 14.8 Å². The average Bonchev–Trinajstić information content (AvgIpc) is 2.97. The fourth-order valence-electron chi connectivity index (χ4n) is 1.81. The van der Waals surface area contributed by atoms with Crippen LogP contribution in [0.5, 0.6) is 0 Å². The largest absolute Gasteiger partial charge is 0.480 e. The first kappa shape index (κ1) is 19.5. The first-order chi connectivity index (χ1) is 11.7. The number of aliphatic carboxylic acids is 1. The Labute approximate surface area is 159 Å². The number of carboxylic acids is 1. The van der Waals surface area contributed by atoms with E-state index >= 15 is 0 Å². The second-order valence-corrected chi connectivity index (χ2v) is 7.71. The van der Waals surface area contributed by atoms with Gasteiger partial charge in [0.25, 0.3) is 11.8 Å². The number of rotatable bonds is 5. The zero-order chi connectivity index (χ0) is 18.7. The number of hydrazine groups is 1. The van der Waals surface area contributed by atoms with Gasteiger partial charge in [-0.3, -0.25) is 14.4 Å². The van der Waals surface area contributed by atoms with E-state index in [9.17, 15) is 18.8 Å². The number of carbonyl (C=O) groups excluding carboxylic acids is 2. The molecule has 0 radical (unpaired) electrons. The van der Waals surface area contributed by atoms with Gasteiger partial charge in [0.1, 0.15) is 11.9 Å². The van der Waals surface area contributed by atoms with E-state index in [1.54, 1.807) is 6.07 Å². The van der Waals surface area contributed by atoms with Gasteiger partial charge in [-0.1, -0.05) is 17.7 Å². The first-order valence-electron chi connectivity index (χ1n) is 6.79. The van der Waals surface area contributed by atoms with Gasteiger partial charge < -0.3 is 5.11 Å². The number of nitrogens with zero attached hydrogens (tertiary/aromatic N) is 1. The van der Waals surface area contributed by atoms with E-state index in [2.05, 4.69) is 21.4 Å². The molecule has 0 aliphatic heterocycles. The second-order valence-electron chi connectivity index (χ2n) is 4.84. The summed E-state index contributed by atoms with van der Waals surface area (Å²) in [6.07, 6.45) is 0. The summed E-state index contributed by atoms with van der Waals surface area (Å²) in [4.78, 5) is 36.5. The molecule has 1 heterocycles. The Morgan fingerprint density at radius 2 is 1.96 bits per heavy atom. The van der Waals surface area contributed by atoms with Crippen molar-refractivity contribution in [3.63, 3.8) is 0 Å². The van der Waals surface area contributed by atoms with Crippen LogP contribution in [-0.4, -0.2) is 33.9 Å². The maximum atomic E-state index is 14.0. The molecule has 0 aliphatic rings. The van der Waals surface area contributed by atoms with Crippen LogP contribution in [0, 0.1) is 5.82 Å². The minimum Gasteiger partial charge on any atom is -0.480 e. The zero-order valence-electron chi connectivity index (χ0n) is 12.6. The monoisotopic (exact) mass is 448 g/mol. The van der Waals surface area contributed by atoms with Gasteiger partial charge in [-0.05, 0) is 47.1 Å². The number of halogens is 3. The van der Waals surface area contributed by atoms with Crippen LogP contribution in [0.15, 0.2) is 34.1 Å². The molecule has 2 amide bonds. The van der Waals surface area contributed by atoms with Gasteiger partial charge in [-0.2, -0.15) is 0 Å². The molecule has 0 fully saturated rings. The Kier molecular flexibility index (Phi) is 6.28. The summed E-state index contributed by atoms with van der Waals surface area (Å²) in [5.74, 6) is -4.14. The Bertz CT molecular complexity index is 824. The lowest BCUT2D eigenvalue weighted by molar-refractivity contribution is -0.139. The lowest BCUT2D eigenvalue weighted by Crippen LogP contribution is -2.53. The molecule has 10 heteroatoms. The first-order valence-corrected chi connectivity index (χ1v) is 8.78. The van der Waals surface area contributed by atoms with Crippen molar-refractivity contribution in [2.24, 2.45) is 0 Å². The van der Waals surface area contributed by atoms with Gasteiger partial charge in [0.2, 0.25) is 0 Å². The quantitative estimate of drug-likeness (QED) is 0.538. The van der Waals surface area contributed by atoms with Gasteiger partial charge in [0.05, 0.1) is 19.2 Å². The molecule has 0 saturated heterocycles. The SMILES string of the molecule is C[C@H](NN(C(=O)c1ccc(Br)s1)C(=O)c1c(F)cccc1Cl)C(=O)O. The smallest absolute Gasteiger partial charge is 0.322 e. The third-order valence-electron chi connectivity index (χ3n) is 3.06. The Morgan fingerprint density at radius 1 is 1.28 bits per heavy atom. The number of thiophene rings is 1. The summed E-state index contributed by atoms with van der Waals surface area (Å²) in [5, 5.41) is 9.30. The summed E-state index contributed by atoms with van der Waals surface area (Å²) in [6.45, 7) is 1.24. The van der Waals surface area contributed by atoms with Crippen molar-refractivity contribution >= 4 is 56.7 Å². The lowest BCUT2D eigenvalue weighted by atomic mass is 10.2. The Morgan fingerprint density at radius 3 is 2.48 bits per heavy atom. The molecular weight excluding hydrogens is 439 g/mol. The molecule has 0 aliphatic carbocycles. The third kappa shape index (κ3) is 4.43. The van der Waals surface area contributed by atoms with Crippen LogP contribution in [0.2, 0.25) is 5.02 Å². The highest BCUT2D eigenvalue weighted by Gasteiger charge is 2.31. The van der Waals surface area contributed by atoms with E-state index in [1.165, 1.54) is 25.1 Å². The van der Waals surface area contributed by atoms with Crippen molar-refractivity contribution in [3.05, 3.63) is 55.4 Å². The van der Waals surface area contributed by atoms with Crippen LogP contribution in [0.3, 0.4) is 0 Å². The van der Waals surface area contributed by atoms with E-state index in [1.807, 2.05) is 0 Å². The van der Waals surface area contributed by atoms with Crippen molar-refractivity contribution in [1.82, 2.24) is 10.4 Å². The van der Waals surface area contributed by atoms with Crippen LogP contribution in [-0.2, 0) is 4.79 Å². The van der Waals surface area contributed by atoms with Crippen LogP contribution in [0.4, 0.5) is 4.39 Å². The van der Waals surface area contributed by atoms with Gasteiger partial charge >= 0.3 is 5.97 Å². The molecule has 2 rings (SSSR count). The van der Waals surface area contributed by atoms with E-state index < -0.39 is 35.2 Å². The molecule has 0 spiro atoms. The Hall–Kier alpha value is -1.81. The topological polar surface area (TPSA) is 86.7 Å². The van der Waals surface area contributed by atoms with E-state index in [0.29, 0.717) is 8.80 Å². The molecule has 0 unspecified atom stereocenters. The number of hydrogen-bond acceptors (Lipinski definition) is 5. The normalized spacial score (nSPS) is 11.8. The molecule has 0 saturated carbocycles. The molecule has 25 heavy (non-hydrogen) atoms. The van der Waals surface area contributed by atoms with E-state index in [-0.39, 0.29) is 9.90 Å². The fourth-order valence-corrected chi connectivity index (χ4v) is 3.37.